The third-order valence-corrected chi connectivity index (χ3v) is 4.49. The van der Waals surface area contributed by atoms with Crippen LogP contribution < -0.4 is 10.6 Å². The van der Waals surface area contributed by atoms with E-state index < -0.39 is 0 Å². The Kier molecular flexibility index (Phi) is 9.72. The molecule has 0 bridgehead atoms. The van der Waals surface area contributed by atoms with Crippen LogP contribution in [0.25, 0.3) is 0 Å². The maximum atomic E-state index is 5.79. The van der Waals surface area contributed by atoms with Crippen LogP contribution >= 0.6 is 24.0 Å². The third-order valence-electron chi connectivity index (χ3n) is 4.49. The first kappa shape index (κ1) is 20.9. The standard InChI is InChI=1S/C16H32N4O2.HI/c1-16(7-4-11-22-16)13-19-15(17-2)18-8-9-20(10-12-21-3)14-5-6-14;/h14H,4-13H2,1-3H3,(H2,17,18,19);1H. The number of nitrogens with one attached hydrogen (secondary N) is 2. The smallest absolute Gasteiger partial charge is 0.191 e. The van der Waals surface area contributed by atoms with Crippen molar-refractivity contribution in [1.82, 2.24) is 15.5 Å². The predicted molar refractivity (Wildman–Crippen MR) is 105 cm³/mol. The molecule has 0 aromatic carbocycles. The van der Waals surface area contributed by atoms with Crippen molar-refractivity contribution in [1.29, 1.82) is 0 Å². The van der Waals surface area contributed by atoms with Crippen LogP contribution in [0.4, 0.5) is 0 Å². The number of guanidine groups is 1. The highest BCUT2D eigenvalue weighted by Gasteiger charge is 2.30. The van der Waals surface area contributed by atoms with Gasteiger partial charge in [0.2, 0.25) is 0 Å². The molecule has 1 aliphatic carbocycles. The normalized spacial score (nSPS) is 24.6. The molecule has 1 heterocycles. The fourth-order valence-electron chi connectivity index (χ4n) is 2.91. The van der Waals surface area contributed by atoms with E-state index in [4.69, 9.17) is 9.47 Å². The van der Waals surface area contributed by atoms with Gasteiger partial charge in [-0.05, 0) is 32.6 Å². The predicted octanol–water partition coefficient (Wildman–Crippen LogP) is 1.45. The summed E-state index contributed by atoms with van der Waals surface area (Å²) in [6.45, 7) is 7.60. The molecule has 23 heavy (non-hydrogen) atoms. The van der Waals surface area contributed by atoms with Crippen molar-refractivity contribution in [2.75, 3.05) is 53.6 Å². The zero-order chi connectivity index (χ0) is 15.8. The lowest BCUT2D eigenvalue weighted by Crippen LogP contribution is -2.47. The van der Waals surface area contributed by atoms with Gasteiger partial charge in [-0.3, -0.25) is 9.89 Å². The minimum atomic E-state index is -0.0455. The maximum Gasteiger partial charge on any atom is 0.191 e. The number of ether oxygens (including phenoxy) is 2. The molecule has 1 atom stereocenters. The summed E-state index contributed by atoms with van der Waals surface area (Å²) in [4.78, 5) is 6.80. The van der Waals surface area contributed by atoms with E-state index in [0.29, 0.717) is 0 Å². The van der Waals surface area contributed by atoms with Gasteiger partial charge in [0.15, 0.2) is 5.96 Å². The van der Waals surface area contributed by atoms with Gasteiger partial charge in [-0.2, -0.15) is 0 Å². The lowest BCUT2D eigenvalue weighted by molar-refractivity contribution is 0.0242. The number of methoxy groups -OCH3 is 1. The Balaban J connectivity index is 0.00000264. The minimum absolute atomic E-state index is 0. The van der Waals surface area contributed by atoms with Crippen LogP contribution in [0.1, 0.15) is 32.6 Å². The summed E-state index contributed by atoms with van der Waals surface area (Å²) >= 11 is 0. The number of rotatable bonds is 9. The average molecular weight is 440 g/mol. The van der Waals surface area contributed by atoms with Gasteiger partial charge in [0, 0.05) is 53.0 Å². The minimum Gasteiger partial charge on any atom is -0.383 e. The second-order valence-electron chi connectivity index (χ2n) is 6.51. The molecular weight excluding hydrogens is 407 g/mol. The van der Waals surface area contributed by atoms with E-state index in [1.807, 2.05) is 7.05 Å². The van der Waals surface area contributed by atoms with Crippen LogP contribution in [-0.2, 0) is 9.47 Å². The second kappa shape index (κ2) is 10.7. The summed E-state index contributed by atoms with van der Waals surface area (Å²) in [6, 6.07) is 0.762. The van der Waals surface area contributed by atoms with E-state index in [2.05, 4.69) is 27.4 Å². The molecule has 0 aromatic heterocycles. The molecule has 2 N–H and O–H groups in total. The molecule has 1 aliphatic heterocycles. The Hall–Kier alpha value is -0.120. The number of nitrogens with zero attached hydrogens (tertiary/aromatic N) is 2. The molecule has 6 nitrogen and oxygen atoms in total. The Labute approximate surface area is 157 Å². The molecule has 1 unspecified atom stereocenters. The Morgan fingerprint density at radius 2 is 2.13 bits per heavy atom. The zero-order valence-corrected chi connectivity index (χ0v) is 17.1. The fourth-order valence-corrected chi connectivity index (χ4v) is 2.91. The first-order valence-corrected chi connectivity index (χ1v) is 8.48. The monoisotopic (exact) mass is 440 g/mol. The van der Waals surface area contributed by atoms with E-state index in [1.165, 1.54) is 12.8 Å². The van der Waals surface area contributed by atoms with Crippen molar-refractivity contribution in [3.05, 3.63) is 0 Å². The van der Waals surface area contributed by atoms with Crippen LogP contribution in [0.5, 0.6) is 0 Å². The van der Waals surface area contributed by atoms with Gasteiger partial charge < -0.3 is 20.1 Å². The zero-order valence-electron chi connectivity index (χ0n) is 14.8. The van der Waals surface area contributed by atoms with Crippen LogP contribution in [0.2, 0.25) is 0 Å². The molecule has 0 aromatic rings. The van der Waals surface area contributed by atoms with Gasteiger partial charge in [-0.15, -0.1) is 24.0 Å². The number of hydrogen-bond donors (Lipinski definition) is 2. The van der Waals surface area contributed by atoms with Crippen molar-refractivity contribution in [3.8, 4) is 0 Å². The van der Waals surface area contributed by atoms with Crippen molar-refractivity contribution in [2.45, 2.75) is 44.2 Å². The second-order valence-corrected chi connectivity index (χ2v) is 6.51. The highest BCUT2D eigenvalue weighted by atomic mass is 127. The summed E-state index contributed by atoms with van der Waals surface area (Å²) in [5.41, 5.74) is -0.0455. The highest BCUT2D eigenvalue weighted by molar-refractivity contribution is 14.0. The largest absolute Gasteiger partial charge is 0.383 e. The Morgan fingerprint density at radius 1 is 1.35 bits per heavy atom. The summed E-state index contributed by atoms with van der Waals surface area (Å²) in [6.07, 6.45) is 4.92. The Morgan fingerprint density at radius 3 is 2.70 bits per heavy atom. The number of halogens is 1. The fraction of sp³-hybridized carbons (Fsp3) is 0.938. The molecule has 2 aliphatic rings. The van der Waals surface area contributed by atoms with Gasteiger partial charge in [0.25, 0.3) is 0 Å². The number of aliphatic imine (C=N–C) groups is 1. The van der Waals surface area contributed by atoms with Crippen LogP contribution in [0.15, 0.2) is 4.99 Å². The molecule has 2 rings (SSSR count). The molecule has 0 amide bonds. The van der Waals surface area contributed by atoms with Crippen molar-refractivity contribution in [2.24, 2.45) is 4.99 Å². The molecule has 136 valence electrons. The van der Waals surface area contributed by atoms with Crippen LogP contribution in [-0.4, -0.2) is 76.1 Å². The van der Waals surface area contributed by atoms with Crippen molar-refractivity contribution in [3.63, 3.8) is 0 Å². The topological polar surface area (TPSA) is 58.1 Å². The summed E-state index contributed by atoms with van der Waals surface area (Å²) in [5.74, 6) is 0.860. The van der Waals surface area contributed by atoms with Crippen LogP contribution in [0, 0.1) is 0 Å². The molecule has 0 spiro atoms. The first-order chi connectivity index (χ1) is 10.7. The quantitative estimate of drug-likeness (QED) is 0.323. The lowest BCUT2D eigenvalue weighted by atomic mass is 10.0. The van der Waals surface area contributed by atoms with E-state index in [-0.39, 0.29) is 29.6 Å². The van der Waals surface area contributed by atoms with Gasteiger partial charge >= 0.3 is 0 Å². The molecule has 1 saturated carbocycles. The summed E-state index contributed by atoms with van der Waals surface area (Å²) in [5, 5.41) is 6.79. The summed E-state index contributed by atoms with van der Waals surface area (Å²) in [7, 11) is 3.58. The molecule has 0 radical (unpaired) electrons. The van der Waals surface area contributed by atoms with Crippen LogP contribution in [0.3, 0.4) is 0 Å². The highest BCUT2D eigenvalue weighted by Crippen LogP contribution is 2.26. The van der Waals surface area contributed by atoms with Gasteiger partial charge in [0.05, 0.1) is 12.2 Å². The molecule has 2 fully saturated rings. The summed E-state index contributed by atoms with van der Waals surface area (Å²) < 4.78 is 11.0. The lowest BCUT2D eigenvalue weighted by Gasteiger charge is -2.25. The van der Waals surface area contributed by atoms with E-state index >= 15 is 0 Å². The van der Waals surface area contributed by atoms with E-state index in [0.717, 1.165) is 64.2 Å². The molecule has 1 saturated heterocycles. The third kappa shape index (κ3) is 7.53. The van der Waals surface area contributed by atoms with Gasteiger partial charge in [-0.25, -0.2) is 0 Å². The SMILES string of the molecule is CN=C(NCCN(CCOC)C1CC1)NCC1(C)CCCO1.I. The Bertz CT molecular complexity index is 358. The molecular formula is C16H33IN4O2. The van der Waals surface area contributed by atoms with Gasteiger partial charge in [0.1, 0.15) is 0 Å². The number of hydrogen-bond acceptors (Lipinski definition) is 4. The van der Waals surface area contributed by atoms with Crippen molar-refractivity contribution >= 4 is 29.9 Å². The van der Waals surface area contributed by atoms with Gasteiger partial charge in [-0.1, -0.05) is 0 Å². The van der Waals surface area contributed by atoms with E-state index in [1.54, 1.807) is 7.11 Å². The molecule has 7 heteroatoms. The first-order valence-electron chi connectivity index (χ1n) is 8.48. The van der Waals surface area contributed by atoms with E-state index in [9.17, 15) is 0 Å². The maximum absolute atomic E-state index is 5.79. The average Bonchev–Trinajstić information content (AvgIpc) is 3.28. The van der Waals surface area contributed by atoms with Crippen molar-refractivity contribution < 1.29 is 9.47 Å².